The molecule has 0 unspecified atom stereocenters. The first-order valence-corrected chi connectivity index (χ1v) is 4.44. The number of aliphatic hydroxyl groups excluding tert-OH is 1. The van der Waals surface area contributed by atoms with Gasteiger partial charge in [-0.05, 0) is 0 Å². The number of aliphatic hydroxyl groups is 1. The normalized spacial score (nSPS) is 10.4. The first-order chi connectivity index (χ1) is 7.51. The third kappa shape index (κ3) is 5.62. The predicted octanol–water partition coefficient (Wildman–Crippen LogP) is -1.48. The van der Waals surface area contributed by atoms with E-state index in [1.165, 1.54) is 11.1 Å². The lowest BCUT2D eigenvalue weighted by Crippen LogP contribution is -2.31. The van der Waals surface area contributed by atoms with E-state index in [2.05, 4.69) is 5.32 Å². The van der Waals surface area contributed by atoms with Crippen molar-refractivity contribution in [3.05, 3.63) is 11.8 Å². The van der Waals surface area contributed by atoms with Gasteiger partial charge in [0.1, 0.15) is 18.2 Å². The van der Waals surface area contributed by atoms with E-state index in [0.29, 0.717) is 0 Å². The van der Waals surface area contributed by atoms with E-state index >= 15 is 0 Å². The van der Waals surface area contributed by atoms with Crippen LogP contribution in [0.25, 0.3) is 0 Å². The highest BCUT2D eigenvalue weighted by Gasteiger charge is 2.10. The van der Waals surface area contributed by atoms with Crippen molar-refractivity contribution >= 4 is 11.9 Å². The zero-order valence-electron chi connectivity index (χ0n) is 8.80. The maximum Gasteiger partial charge on any atom is 0.322 e. The molecule has 88 valence electrons. The van der Waals surface area contributed by atoms with Gasteiger partial charge < -0.3 is 20.4 Å². The Hall–Kier alpha value is -2.07. The van der Waals surface area contributed by atoms with Crippen LogP contribution in [0, 0.1) is 11.3 Å². The number of hydrogen-bond donors (Lipinski definition) is 3. The summed E-state index contributed by atoms with van der Waals surface area (Å²) in [6.45, 7) is -0.374. The van der Waals surface area contributed by atoms with E-state index in [-0.39, 0.29) is 18.7 Å². The lowest BCUT2D eigenvalue weighted by molar-refractivity contribution is -0.137. The minimum Gasteiger partial charge on any atom is -0.480 e. The zero-order valence-corrected chi connectivity index (χ0v) is 8.80. The maximum atomic E-state index is 11.3. The Kier molecular flexibility index (Phi) is 6.31. The molecule has 0 fully saturated rings. The van der Waals surface area contributed by atoms with Gasteiger partial charge in [0.15, 0.2) is 0 Å². The summed E-state index contributed by atoms with van der Waals surface area (Å²) in [6, 6.07) is 1.65. The molecule has 0 rings (SSSR count). The number of carbonyl (C=O) groups is 2. The average molecular weight is 227 g/mol. The van der Waals surface area contributed by atoms with Gasteiger partial charge in [-0.3, -0.25) is 9.59 Å². The van der Waals surface area contributed by atoms with E-state index < -0.39 is 18.4 Å². The summed E-state index contributed by atoms with van der Waals surface area (Å²) in [5, 5.41) is 27.7. The summed E-state index contributed by atoms with van der Waals surface area (Å²) >= 11 is 0. The van der Waals surface area contributed by atoms with Crippen LogP contribution in [0.2, 0.25) is 0 Å². The van der Waals surface area contributed by atoms with Gasteiger partial charge in [-0.2, -0.15) is 5.26 Å². The van der Waals surface area contributed by atoms with Gasteiger partial charge in [0, 0.05) is 19.8 Å². The Morgan fingerprint density at radius 3 is 2.62 bits per heavy atom. The second kappa shape index (κ2) is 7.25. The number of hydrogen-bond acceptors (Lipinski definition) is 5. The molecule has 0 aromatic rings. The smallest absolute Gasteiger partial charge is 0.322 e. The van der Waals surface area contributed by atoms with Crippen LogP contribution in [0.3, 0.4) is 0 Å². The molecule has 7 nitrogen and oxygen atoms in total. The molecule has 16 heavy (non-hydrogen) atoms. The van der Waals surface area contributed by atoms with Crippen LogP contribution in [-0.4, -0.2) is 53.7 Å². The molecule has 0 saturated carbocycles. The van der Waals surface area contributed by atoms with Crippen molar-refractivity contribution < 1.29 is 19.8 Å². The lowest BCUT2D eigenvalue weighted by atomic mass is 10.3. The van der Waals surface area contributed by atoms with E-state index in [9.17, 15) is 9.59 Å². The van der Waals surface area contributed by atoms with Crippen molar-refractivity contribution in [3.8, 4) is 6.07 Å². The summed E-state index contributed by atoms with van der Waals surface area (Å²) in [6.07, 6.45) is 1.24. The summed E-state index contributed by atoms with van der Waals surface area (Å²) in [7, 11) is 1.58. The summed E-state index contributed by atoms with van der Waals surface area (Å²) in [5.74, 6) is -1.94. The van der Waals surface area contributed by atoms with Gasteiger partial charge in [0.25, 0.3) is 5.91 Å². The van der Waals surface area contributed by atoms with Gasteiger partial charge in [-0.1, -0.05) is 0 Å². The minimum atomic E-state index is -1.19. The number of nitriles is 1. The molecular weight excluding hydrogens is 214 g/mol. The fourth-order valence-electron chi connectivity index (χ4n) is 0.832. The van der Waals surface area contributed by atoms with Gasteiger partial charge in [0.05, 0.1) is 6.61 Å². The topological polar surface area (TPSA) is 114 Å². The van der Waals surface area contributed by atoms with Crippen LogP contribution in [0.5, 0.6) is 0 Å². The maximum absolute atomic E-state index is 11.3. The number of likely N-dealkylation sites (N-methyl/N-ethyl adjacent to an activating group) is 1. The Balaban J connectivity index is 4.43. The quantitative estimate of drug-likeness (QED) is 0.376. The molecule has 0 aliphatic heterocycles. The number of rotatable bonds is 6. The Morgan fingerprint density at radius 2 is 2.19 bits per heavy atom. The number of nitrogens with one attached hydrogen (secondary N) is 1. The Bertz CT molecular complexity index is 332. The molecular formula is C9H13N3O4. The molecule has 0 radical (unpaired) electrons. The number of carboxylic acids is 1. The lowest BCUT2D eigenvalue weighted by Gasteiger charge is -2.12. The number of carbonyl (C=O) groups excluding carboxylic acids is 1. The number of carboxylic acid groups (broad SMARTS) is 1. The van der Waals surface area contributed by atoms with Crippen LogP contribution in [0.1, 0.15) is 0 Å². The molecule has 0 aliphatic rings. The van der Waals surface area contributed by atoms with Crippen molar-refractivity contribution in [2.24, 2.45) is 0 Å². The Labute approximate surface area is 92.6 Å². The molecule has 1 amide bonds. The SMILES string of the molecule is CN(/C=C(/C#N)C(=O)NCC(=O)O)CCO. The molecule has 7 heteroatoms. The van der Waals surface area contributed by atoms with E-state index in [1.807, 2.05) is 0 Å². The molecule has 3 N–H and O–H groups in total. The van der Waals surface area contributed by atoms with E-state index in [4.69, 9.17) is 15.5 Å². The highest BCUT2D eigenvalue weighted by Crippen LogP contribution is 1.95. The first kappa shape index (κ1) is 13.9. The monoisotopic (exact) mass is 227 g/mol. The minimum absolute atomic E-state index is 0.109. The van der Waals surface area contributed by atoms with Crippen LogP contribution >= 0.6 is 0 Å². The van der Waals surface area contributed by atoms with E-state index in [0.717, 1.165) is 0 Å². The summed E-state index contributed by atoms with van der Waals surface area (Å²) in [5.41, 5.74) is -0.211. The van der Waals surface area contributed by atoms with Crippen molar-refractivity contribution in [2.75, 3.05) is 26.7 Å². The third-order valence-corrected chi connectivity index (χ3v) is 1.57. The summed E-state index contributed by atoms with van der Waals surface area (Å²) < 4.78 is 0. The standard InChI is InChI=1S/C9H13N3O4/c1-12(2-3-13)6-7(4-10)9(16)11-5-8(14)15/h6,13H,2-3,5H2,1H3,(H,11,16)(H,14,15)/b7-6-. The fourth-order valence-corrected chi connectivity index (χ4v) is 0.832. The first-order valence-electron chi connectivity index (χ1n) is 4.44. The molecule has 0 aromatic carbocycles. The molecule has 0 bridgehead atoms. The van der Waals surface area contributed by atoms with Gasteiger partial charge in [0.2, 0.25) is 0 Å². The molecule has 0 aliphatic carbocycles. The largest absolute Gasteiger partial charge is 0.480 e. The summed E-state index contributed by atoms with van der Waals surface area (Å²) in [4.78, 5) is 22.9. The third-order valence-electron chi connectivity index (χ3n) is 1.57. The van der Waals surface area contributed by atoms with E-state index in [1.54, 1.807) is 13.1 Å². The van der Waals surface area contributed by atoms with Crippen LogP contribution in [0.15, 0.2) is 11.8 Å². The van der Waals surface area contributed by atoms with Crippen LogP contribution in [0.4, 0.5) is 0 Å². The predicted molar refractivity (Wildman–Crippen MR) is 54.1 cm³/mol. The second-order valence-electron chi connectivity index (χ2n) is 2.94. The van der Waals surface area contributed by atoms with Gasteiger partial charge in [-0.15, -0.1) is 0 Å². The number of nitrogens with zero attached hydrogens (tertiary/aromatic N) is 2. The van der Waals surface area contributed by atoms with Gasteiger partial charge in [-0.25, -0.2) is 0 Å². The van der Waals surface area contributed by atoms with Crippen molar-refractivity contribution in [2.45, 2.75) is 0 Å². The molecule has 0 aromatic heterocycles. The highest BCUT2D eigenvalue weighted by molar-refractivity contribution is 5.98. The van der Waals surface area contributed by atoms with Crippen molar-refractivity contribution in [1.82, 2.24) is 10.2 Å². The highest BCUT2D eigenvalue weighted by atomic mass is 16.4. The average Bonchev–Trinajstić information content (AvgIpc) is 2.22. The molecule has 0 atom stereocenters. The molecule has 0 spiro atoms. The van der Waals surface area contributed by atoms with Crippen LogP contribution in [-0.2, 0) is 9.59 Å². The Morgan fingerprint density at radius 1 is 1.56 bits per heavy atom. The van der Waals surface area contributed by atoms with Crippen molar-refractivity contribution in [3.63, 3.8) is 0 Å². The van der Waals surface area contributed by atoms with Crippen molar-refractivity contribution in [1.29, 1.82) is 5.26 Å². The second-order valence-corrected chi connectivity index (χ2v) is 2.94. The molecule has 0 heterocycles. The molecule has 0 saturated heterocycles. The van der Waals surface area contributed by atoms with Crippen LogP contribution < -0.4 is 5.32 Å². The zero-order chi connectivity index (χ0) is 12.6. The fraction of sp³-hybridized carbons (Fsp3) is 0.444. The number of amides is 1. The number of aliphatic carboxylic acids is 1. The van der Waals surface area contributed by atoms with Gasteiger partial charge >= 0.3 is 5.97 Å².